The molecular weight excluding hydrogens is 572 g/mol. The van der Waals surface area contributed by atoms with Crippen LogP contribution in [0.2, 0.25) is 0 Å². The normalized spacial score (nSPS) is 12.2. The fourth-order valence-electron chi connectivity index (χ4n) is 5.11. The highest BCUT2D eigenvalue weighted by Gasteiger charge is 2.24. The first-order chi connectivity index (χ1) is 20.9. The number of hydrogen-bond donors (Lipinski definition) is 3. The SMILES string of the molecule is CC(C)(C)NC(=O)c1cc(-c2cccnc2[C@H](Cc2cc(F)cc(F)c2)NC(=O)Cc2c[nH]c3ccc(F)cc23)ccc1F. The van der Waals surface area contributed by atoms with Crippen LogP contribution in [0, 0.1) is 23.3 Å². The topological polar surface area (TPSA) is 86.9 Å². The summed E-state index contributed by atoms with van der Waals surface area (Å²) in [5.74, 6) is -3.76. The molecule has 0 spiro atoms. The number of rotatable bonds is 8. The number of carbonyl (C=O) groups excluding carboxylic acids is 2. The van der Waals surface area contributed by atoms with E-state index in [0.717, 1.165) is 6.07 Å². The van der Waals surface area contributed by atoms with Gasteiger partial charge in [0, 0.05) is 40.5 Å². The van der Waals surface area contributed by atoms with Gasteiger partial charge in [-0.05, 0) is 92.4 Å². The Morgan fingerprint density at radius 1 is 0.909 bits per heavy atom. The second-order valence-electron chi connectivity index (χ2n) is 11.6. The molecule has 226 valence electrons. The molecule has 2 heterocycles. The van der Waals surface area contributed by atoms with Crippen LogP contribution >= 0.6 is 0 Å². The number of aromatic amines is 1. The quantitative estimate of drug-likeness (QED) is 0.168. The van der Waals surface area contributed by atoms with E-state index in [2.05, 4.69) is 20.6 Å². The number of pyridine rings is 1. The average molecular weight is 603 g/mol. The summed E-state index contributed by atoms with van der Waals surface area (Å²) in [6.45, 7) is 5.34. The zero-order valence-electron chi connectivity index (χ0n) is 24.3. The maximum atomic E-state index is 14.8. The van der Waals surface area contributed by atoms with Crippen LogP contribution in [-0.4, -0.2) is 27.3 Å². The van der Waals surface area contributed by atoms with Gasteiger partial charge < -0.3 is 15.6 Å². The van der Waals surface area contributed by atoms with E-state index >= 15 is 0 Å². The van der Waals surface area contributed by atoms with E-state index in [1.165, 1.54) is 48.7 Å². The van der Waals surface area contributed by atoms with Crippen LogP contribution in [0.4, 0.5) is 17.6 Å². The number of H-pyrrole nitrogens is 1. The Kier molecular flexibility index (Phi) is 8.53. The summed E-state index contributed by atoms with van der Waals surface area (Å²) < 4.78 is 57.0. The molecule has 5 aromatic rings. The summed E-state index contributed by atoms with van der Waals surface area (Å²) in [7, 11) is 0. The summed E-state index contributed by atoms with van der Waals surface area (Å²) >= 11 is 0. The minimum Gasteiger partial charge on any atom is -0.361 e. The van der Waals surface area contributed by atoms with Crippen molar-refractivity contribution in [3.05, 3.63) is 125 Å². The molecule has 0 saturated heterocycles. The number of carbonyl (C=O) groups is 2. The first-order valence-corrected chi connectivity index (χ1v) is 13.9. The van der Waals surface area contributed by atoms with Crippen LogP contribution in [-0.2, 0) is 17.6 Å². The molecule has 1 atom stereocenters. The van der Waals surface area contributed by atoms with Crippen molar-refractivity contribution in [3.8, 4) is 11.1 Å². The van der Waals surface area contributed by atoms with E-state index in [0.29, 0.717) is 33.3 Å². The van der Waals surface area contributed by atoms with E-state index in [9.17, 15) is 27.2 Å². The zero-order chi connectivity index (χ0) is 31.6. The largest absolute Gasteiger partial charge is 0.361 e. The lowest BCUT2D eigenvalue weighted by Crippen LogP contribution is -2.40. The standard InChI is InChI=1S/C34H30F4N4O2/c1-34(2,3)42-33(44)27-14-20(6-8-28(27)38)25-5-4-10-39-32(25)30(13-19-11-23(36)16-24(37)12-19)41-31(43)15-21-18-40-29-9-7-22(35)17-26(21)29/h4-12,14,16-18,30,40H,13,15H2,1-3H3,(H,41,43)(H,42,44)/t30-/m0/s1. The molecular formula is C34H30F4N4O2. The number of aromatic nitrogens is 2. The lowest BCUT2D eigenvalue weighted by Gasteiger charge is -2.23. The summed E-state index contributed by atoms with van der Waals surface area (Å²) in [5, 5.41) is 6.22. The second-order valence-corrected chi connectivity index (χ2v) is 11.6. The fourth-order valence-corrected chi connectivity index (χ4v) is 5.11. The molecule has 10 heteroatoms. The monoisotopic (exact) mass is 602 g/mol. The fraction of sp³-hybridized carbons (Fsp3) is 0.206. The molecule has 0 aliphatic carbocycles. The van der Waals surface area contributed by atoms with E-state index in [4.69, 9.17) is 0 Å². The number of nitrogens with one attached hydrogen (secondary N) is 3. The molecule has 0 saturated carbocycles. The molecule has 6 nitrogen and oxygen atoms in total. The molecule has 5 rings (SSSR count). The van der Waals surface area contributed by atoms with Crippen molar-refractivity contribution in [1.29, 1.82) is 0 Å². The summed E-state index contributed by atoms with van der Waals surface area (Å²) in [6, 6.07) is 13.8. The van der Waals surface area contributed by atoms with Gasteiger partial charge in [0.15, 0.2) is 0 Å². The van der Waals surface area contributed by atoms with Crippen LogP contribution in [0.5, 0.6) is 0 Å². The van der Waals surface area contributed by atoms with Crippen molar-refractivity contribution < 1.29 is 27.2 Å². The van der Waals surface area contributed by atoms with E-state index in [1.807, 2.05) is 0 Å². The first kappa shape index (κ1) is 30.5. The molecule has 0 bridgehead atoms. The second kappa shape index (κ2) is 12.3. The number of fused-ring (bicyclic) bond motifs is 1. The van der Waals surface area contributed by atoms with Crippen molar-refractivity contribution in [2.75, 3.05) is 0 Å². The van der Waals surface area contributed by atoms with Crippen molar-refractivity contribution >= 4 is 22.7 Å². The number of amides is 2. The average Bonchev–Trinajstić information content (AvgIpc) is 3.32. The molecule has 0 radical (unpaired) electrons. The molecule has 0 aliphatic heterocycles. The minimum atomic E-state index is -0.890. The van der Waals surface area contributed by atoms with Gasteiger partial charge in [0.25, 0.3) is 5.91 Å². The molecule has 0 aliphatic rings. The summed E-state index contributed by atoms with van der Waals surface area (Å²) in [4.78, 5) is 33.8. The van der Waals surface area contributed by atoms with Gasteiger partial charge >= 0.3 is 0 Å². The number of hydrogen-bond acceptors (Lipinski definition) is 3. The molecule has 0 fully saturated rings. The molecule has 0 unspecified atom stereocenters. The highest BCUT2D eigenvalue weighted by molar-refractivity contribution is 5.96. The Labute approximate surface area is 251 Å². The predicted octanol–water partition coefficient (Wildman–Crippen LogP) is 6.96. The predicted molar refractivity (Wildman–Crippen MR) is 160 cm³/mol. The van der Waals surface area contributed by atoms with Crippen molar-refractivity contribution in [2.45, 2.75) is 45.2 Å². The van der Waals surface area contributed by atoms with E-state index in [-0.39, 0.29) is 24.0 Å². The van der Waals surface area contributed by atoms with Crippen LogP contribution in [0.3, 0.4) is 0 Å². The van der Waals surface area contributed by atoms with E-state index in [1.54, 1.807) is 45.2 Å². The smallest absolute Gasteiger partial charge is 0.254 e. The van der Waals surface area contributed by atoms with Gasteiger partial charge in [-0.3, -0.25) is 14.6 Å². The Morgan fingerprint density at radius 3 is 2.39 bits per heavy atom. The zero-order valence-corrected chi connectivity index (χ0v) is 24.3. The Bertz CT molecular complexity index is 1840. The van der Waals surface area contributed by atoms with Gasteiger partial charge in [-0.1, -0.05) is 12.1 Å². The van der Waals surface area contributed by atoms with Crippen molar-refractivity contribution in [3.63, 3.8) is 0 Å². The van der Waals surface area contributed by atoms with Gasteiger partial charge in [-0.2, -0.15) is 0 Å². The highest BCUT2D eigenvalue weighted by atomic mass is 19.1. The number of nitrogens with zero attached hydrogens (tertiary/aromatic N) is 1. The molecule has 3 aromatic carbocycles. The molecule has 2 amide bonds. The summed E-state index contributed by atoms with van der Waals surface area (Å²) in [5.41, 5.74) is 1.97. The maximum Gasteiger partial charge on any atom is 0.254 e. The molecule has 44 heavy (non-hydrogen) atoms. The number of halogens is 4. The maximum absolute atomic E-state index is 14.8. The van der Waals surface area contributed by atoms with Gasteiger partial charge in [0.05, 0.1) is 23.7 Å². The Balaban J connectivity index is 1.52. The van der Waals surface area contributed by atoms with Gasteiger partial charge in [-0.25, -0.2) is 17.6 Å². The Hall–Kier alpha value is -4.99. The van der Waals surface area contributed by atoms with Crippen LogP contribution in [0.25, 0.3) is 22.0 Å². The first-order valence-electron chi connectivity index (χ1n) is 13.9. The highest BCUT2D eigenvalue weighted by Crippen LogP contribution is 2.31. The van der Waals surface area contributed by atoms with Gasteiger partial charge in [0.2, 0.25) is 5.91 Å². The minimum absolute atomic E-state index is 0.0362. The van der Waals surface area contributed by atoms with Crippen molar-refractivity contribution in [1.82, 2.24) is 20.6 Å². The third-order valence-corrected chi connectivity index (χ3v) is 6.96. The summed E-state index contributed by atoms with van der Waals surface area (Å²) in [6.07, 6.45) is 2.97. The van der Waals surface area contributed by atoms with Gasteiger partial charge in [0.1, 0.15) is 23.3 Å². The van der Waals surface area contributed by atoms with Crippen molar-refractivity contribution in [2.24, 2.45) is 0 Å². The lowest BCUT2D eigenvalue weighted by atomic mass is 9.94. The Morgan fingerprint density at radius 2 is 1.66 bits per heavy atom. The van der Waals surface area contributed by atoms with Crippen LogP contribution in [0.15, 0.2) is 79.1 Å². The van der Waals surface area contributed by atoms with Gasteiger partial charge in [-0.15, -0.1) is 0 Å². The van der Waals surface area contributed by atoms with Crippen LogP contribution < -0.4 is 10.6 Å². The molecule has 3 N–H and O–H groups in total. The van der Waals surface area contributed by atoms with Crippen LogP contribution in [0.1, 0.15) is 54.0 Å². The number of benzene rings is 3. The lowest BCUT2D eigenvalue weighted by molar-refractivity contribution is -0.121. The third-order valence-electron chi connectivity index (χ3n) is 6.96. The third kappa shape index (κ3) is 7.14. The van der Waals surface area contributed by atoms with E-state index < -0.39 is 46.7 Å². The molecule has 2 aromatic heterocycles.